The Morgan fingerprint density at radius 3 is 2.83 bits per heavy atom. The second kappa shape index (κ2) is 7.89. The van der Waals surface area contributed by atoms with E-state index in [0.29, 0.717) is 12.4 Å². The van der Waals surface area contributed by atoms with Gasteiger partial charge in [-0.15, -0.1) is 11.8 Å². The highest BCUT2D eigenvalue weighted by Gasteiger charge is 2.30. The smallest absolute Gasteiger partial charge is 0.226 e. The van der Waals surface area contributed by atoms with Crippen molar-refractivity contribution >= 4 is 22.8 Å². The molecule has 2 aromatic carbocycles. The van der Waals surface area contributed by atoms with Crippen LogP contribution in [0.3, 0.4) is 0 Å². The van der Waals surface area contributed by atoms with Crippen LogP contribution in [0.15, 0.2) is 51.8 Å². The average molecular weight is 423 g/mol. The van der Waals surface area contributed by atoms with Crippen LogP contribution in [0.4, 0.5) is 4.39 Å². The topological polar surface area (TPSA) is 58.0 Å². The van der Waals surface area contributed by atoms with Crippen LogP contribution in [-0.2, 0) is 6.54 Å². The van der Waals surface area contributed by atoms with Crippen LogP contribution in [0, 0.1) is 12.7 Å². The zero-order chi connectivity index (χ0) is 20.7. The van der Waals surface area contributed by atoms with E-state index in [9.17, 15) is 4.39 Å². The predicted octanol–water partition coefficient (Wildman–Crippen LogP) is 5.72. The number of nitrogens with one attached hydrogen (secondary N) is 1. The number of benzene rings is 2. The van der Waals surface area contributed by atoms with E-state index in [0.717, 1.165) is 53.3 Å². The Morgan fingerprint density at radius 2 is 2.03 bits per heavy atom. The first-order valence-electron chi connectivity index (χ1n) is 10.1. The minimum absolute atomic E-state index is 0.167. The van der Waals surface area contributed by atoms with Crippen LogP contribution < -0.4 is 0 Å². The molecule has 1 saturated heterocycles. The molecule has 0 spiro atoms. The summed E-state index contributed by atoms with van der Waals surface area (Å²) < 4.78 is 19.5. The van der Waals surface area contributed by atoms with Gasteiger partial charge in [0.25, 0.3) is 0 Å². The summed E-state index contributed by atoms with van der Waals surface area (Å²) in [4.78, 5) is 16.4. The van der Waals surface area contributed by atoms with Crippen molar-refractivity contribution in [2.75, 3.05) is 12.8 Å². The molecule has 154 valence electrons. The molecular formula is C23H23FN4OS. The highest BCUT2D eigenvalue weighted by atomic mass is 32.2. The fourth-order valence-electron chi connectivity index (χ4n) is 4.11. The molecule has 0 saturated carbocycles. The number of hydrogen-bond donors (Lipinski definition) is 1. The Morgan fingerprint density at radius 1 is 1.20 bits per heavy atom. The van der Waals surface area contributed by atoms with Gasteiger partial charge in [0.15, 0.2) is 0 Å². The van der Waals surface area contributed by atoms with Crippen LogP contribution in [0.5, 0.6) is 0 Å². The van der Waals surface area contributed by atoms with E-state index in [2.05, 4.69) is 28.3 Å². The molecule has 2 aromatic heterocycles. The number of halogens is 1. The predicted molar refractivity (Wildman–Crippen MR) is 117 cm³/mol. The van der Waals surface area contributed by atoms with Crippen molar-refractivity contribution in [3.63, 3.8) is 0 Å². The lowest BCUT2D eigenvalue weighted by atomic mass is 10.2. The van der Waals surface area contributed by atoms with Gasteiger partial charge in [-0.05, 0) is 75.0 Å². The van der Waals surface area contributed by atoms with Crippen molar-refractivity contribution in [2.45, 2.75) is 37.2 Å². The van der Waals surface area contributed by atoms with E-state index < -0.39 is 0 Å². The second-order valence-electron chi connectivity index (χ2n) is 7.66. The molecule has 1 unspecified atom stereocenters. The highest BCUT2D eigenvalue weighted by molar-refractivity contribution is 7.98. The first-order valence-corrected chi connectivity index (χ1v) is 11.3. The van der Waals surface area contributed by atoms with E-state index in [1.165, 1.54) is 17.0 Å². The number of nitrogens with zero attached hydrogens (tertiary/aromatic N) is 3. The van der Waals surface area contributed by atoms with Gasteiger partial charge < -0.3 is 9.40 Å². The molecule has 1 N–H and O–H groups in total. The van der Waals surface area contributed by atoms with Gasteiger partial charge in [-0.25, -0.2) is 14.4 Å². The lowest BCUT2D eigenvalue weighted by Crippen LogP contribution is -2.24. The fraction of sp³-hybridized carbons (Fsp3) is 0.304. The number of aromatic nitrogens is 3. The highest BCUT2D eigenvalue weighted by Crippen LogP contribution is 2.34. The van der Waals surface area contributed by atoms with E-state index in [1.807, 2.05) is 19.1 Å². The zero-order valence-electron chi connectivity index (χ0n) is 17.0. The molecular weight excluding hydrogens is 399 g/mol. The number of hydrogen-bond acceptors (Lipinski definition) is 5. The molecule has 30 heavy (non-hydrogen) atoms. The number of thioether (sulfide) groups is 1. The summed E-state index contributed by atoms with van der Waals surface area (Å²) in [6.45, 7) is 3.64. The quantitative estimate of drug-likeness (QED) is 0.417. The molecule has 0 amide bonds. The van der Waals surface area contributed by atoms with Gasteiger partial charge in [0.05, 0.1) is 22.8 Å². The molecule has 1 aliphatic heterocycles. The zero-order valence-corrected chi connectivity index (χ0v) is 17.8. The maximum atomic E-state index is 13.5. The Bertz CT molecular complexity index is 1180. The van der Waals surface area contributed by atoms with Crippen molar-refractivity contribution in [3.05, 3.63) is 65.6 Å². The Labute approximate surface area is 178 Å². The number of H-pyrrole nitrogens is 1. The van der Waals surface area contributed by atoms with Crippen molar-refractivity contribution in [1.29, 1.82) is 0 Å². The minimum Gasteiger partial charge on any atom is -0.441 e. The summed E-state index contributed by atoms with van der Waals surface area (Å²) >= 11 is 1.72. The van der Waals surface area contributed by atoms with E-state index >= 15 is 0 Å². The van der Waals surface area contributed by atoms with Crippen LogP contribution in [-0.4, -0.2) is 32.7 Å². The van der Waals surface area contributed by atoms with E-state index in [1.54, 1.807) is 17.8 Å². The number of imidazole rings is 1. The number of aromatic amines is 1. The van der Waals surface area contributed by atoms with Gasteiger partial charge in [0, 0.05) is 17.0 Å². The molecule has 1 atom stereocenters. The van der Waals surface area contributed by atoms with Crippen molar-refractivity contribution in [3.8, 4) is 11.5 Å². The third-order valence-corrected chi connectivity index (χ3v) is 6.47. The van der Waals surface area contributed by atoms with Gasteiger partial charge in [0.1, 0.15) is 17.4 Å². The van der Waals surface area contributed by atoms with E-state index in [4.69, 9.17) is 14.4 Å². The summed E-state index contributed by atoms with van der Waals surface area (Å²) in [6, 6.07) is 13.1. The largest absolute Gasteiger partial charge is 0.441 e. The Kier molecular flexibility index (Phi) is 5.08. The van der Waals surface area contributed by atoms with Gasteiger partial charge in [-0.1, -0.05) is 0 Å². The number of fused-ring (bicyclic) bond motifs is 1. The normalized spacial score (nSPS) is 17.2. The maximum absolute atomic E-state index is 13.5. The number of likely N-dealkylation sites (tertiary alicyclic amines) is 1. The second-order valence-corrected chi connectivity index (χ2v) is 8.54. The fourth-order valence-corrected chi connectivity index (χ4v) is 4.52. The molecule has 5 rings (SSSR count). The summed E-state index contributed by atoms with van der Waals surface area (Å²) in [5, 5.41) is 0. The van der Waals surface area contributed by atoms with Gasteiger partial charge in [-0.2, -0.15) is 0 Å². The van der Waals surface area contributed by atoms with Crippen LogP contribution >= 0.6 is 11.8 Å². The summed E-state index contributed by atoms with van der Waals surface area (Å²) in [6.07, 6.45) is 4.17. The first-order chi connectivity index (χ1) is 14.6. The molecule has 0 radical (unpaired) electrons. The Hall–Kier alpha value is -2.64. The van der Waals surface area contributed by atoms with Gasteiger partial charge in [-0.3, -0.25) is 4.90 Å². The molecule has 7 heteroatoms. The van der Waals surface area contributed by atoms with Crippen LogP contribution in [0.1, 0.15) is 36.2 Å². The van der Waals surface area contributed by atoms with Crippen molar-refractivity contribution in [2.24, 2.45) is 0 Å². The SMILES string of the molecule is CSc1ccc(-c2nc(CN3CCCC3c3nc4ccc(F)cc4[nH]3)c(C)o2)cc1. The molecule has 0 bridgehead atoms. The van der Waals surface area contributed by atoms with Crippen molar-refractivity contribution < 1.29 is 8.81 Å². The van der Waals surface area contributed by atoms with Gasteiger partial charge >= 0.3 is 0 Å². The van der Waals surface area contributed by atoms with Crippen molar-refractivity contribution in [1.82, 2.24) is 19.9 Å². The van der Waals surface area contributed by atoms with Gasteiger partial charge in [0.2, 0.25) is 5.89 Å². The molecule has 0 aliphatic carbocycles. The third-order valence-electron chi connectivity index (χ3n) is 5.72. The maximum Gasteiger partial charge on any atom is 0.226 e. The minimum atomic E-state index is -0.253. The monoisotopic (exact) mass is 422 g/mol. The molecule has 5 nitrogen and oxygen atoms in total. The summed E-state index contributed by atoms with van der Waals surface area (Å²) in [5.74, 6) is 2.14. The number of oxazole rings is 1. The lowest BCUT2D eigenvalue weighted by Gasteiger charge is -2.21. The Balaban J connectivity index is 1.38. The lowest BCUT2D eigenvalue weighted by molar-refractivity contribution is 0.237. The van der Waals surface area contributed by atoms with Crippen LogP contribution in [0.2, 0.25) is 0 Å². The summed E-state index contributed by atoms with van der Waals surface area (Å²) in [7, 11) is 0. The molecule has 1 aliphatic rings. The number of aryl methyl sites for hydroxylation is 1. The number of rotatable bonds is 5. The third kappa shape index (κ3) is 3.63. The first kappa shape index (κ1) is 19.3. The molecule has 1 fully saturated rings. The summed E-state index contributed by atoms with van der Waals surface area (Å²) in [5.41, 5.74) is 3.48. The standard InChI is InChI=1S/C23H23FN4OS/c1-14-20(27-23(29-14)15-5-8-17(30-2)9-6-15)13-28-11-3-4-21(28)22-25-18-10-7-16(24)12-19(18)26-22/h5-10,12,21H,3-4,11,13H2,1-2H3,(H,25,26). The average Bonchev–Trinajstić information content (AvgIpc) is 3.47. The van der Waals surface area contributed by atoms with Crippen LogP contribution in [0.25, 0.3) is 22.5 Å². The van der Waals surface area contributed by atoms with E-state index in [-0.39, 0.29) is 11.9 Å². The molecule has 3 heterocycles. The molecule has 4 aromatic rings.